The van der Waals surface area contributed by atoms with Gasteiger partial charge in [0.2, 0.25) is 0 Å². The molecule has 1 N–H and O–H groups in total. The number of hydrogen-bond donors (Lipinski definition) is 1. The molecule has 0 aliphatic carbocycles. The Morgan fingerprint density at radius 1 is 1.62 bits per heavy atom. The molecule has 1 atom stereocenters. The van der Waals surface area contributed by atoms with Crippen LogP contribution in [0.4, 0.5) is 4.79 Å². The topological polar surface area (TPSA) is 51.2 Å². The third-order valence-electron chi connectivity index (χ3n) is 1.65. The normalized spacial score (nSPS) is 11.8. The van der Waals surface area contributed by atoms with Crippen molar-refractivity contribution in [3.63, 3.8) is 0 Å². The van der Waals surface area contributed by atoms with Crippen LogP contribution in [0.1, 0.15) is 18.7 Å². The van der Waals surface area contributed by atoms with Gasteiger partial charge in [-0.3, -0.25) is 4.98 Å². The van der Waals surface area contributed by atoms with E-state index in [0.717, 1.165) is 5.69 Å². The van der Waals surface area contributed by atoms with Crippen molar-refractivity contribution in [2.45, 2.75) is 13.0 Å². The molecule has 1 aromatic heterocycles. The first-order chi connectivity index (χ1) is 6.24. The number of ether oxygens (including phenoxy) is 1. The van der Waals surface area contributed by atoms with E-state index in [1.54, 1.807) is 6.20 Å². The molecule has 4 nitrogen and oxygen atoms in total. The monoisotopic (exact) mass is 180 g/mol. The average molecular weight is 180 g/mol. The van der Waals surface area contributed by atoms with Crippen LogP contribution in [0.2, 0.25) is 0 Å². The summed E-state index contributed by atoms with van der Waals surface area (Å²) in [6.45, 7) is 1.85. The van der Waals surface area contributed by atoms with E-state index in [9.17, 15) is 4.79 Å². The molecular weight excluding hydrogens is 168 g/mol. The molecule has 0 bridgehead atoms. The highest BCUT2D eigenvalue weighted by molar-refractivity contribution is 5.67. The van der Waals surface area contributed by atoms with E-state index in [-0.39, 0.29) is 6.04 Å². The second-order valence-corrected chi connectivity index (χ2v) is 2.61. The third-order valence-corrected chi connectivity index (χ3v) is 1.65. The lowest BCUT2D eigenvalue weighted by atomic mass is 10.2. The largest absolute Gasteiger partial charge is 0.453 e. The predicted molar refractivity (Wildman–Crippen MR) is 48.2 cm³/mol. The van der Waals surface area contributed by atoms with Crippen LogP contribution >= 0.6 is 0 Å². The minimum atomic E-state index is -0.446. The van der Waals surface area contributed by atoms with Gasteiger partial charge in [0.05, 0.1) is 18.8 Å². The van der Waals surface area contributed by atoms with Gasteiger partial charge in [-0.05, 0) is 19.1 Å². The fourth-order valence-electron chi connectivity index (χ4n) is 0.942. The summed E-state index contributed by atoms with van der Waals surface area (Å²) in [5, 5.41) is 2.62. The molecule has 0 aromatic carbocycles. The number of nitrogens with zero attached hydrogens (tertiary/aromatic N) is 1. The Balaban J connectivity index is 2.59. The van der Waals surface area contributed by atoms with Gasteiger partial charge in [-0.1, -0.05) is 6.07 Å². The molecule has 13 heavy (non-hydrogen) atoms. The maximum atomic E-state index is 10.8. The van der Waals surface area contributed by atoms with Crippen LogP contribution in [-0.2, 0) is 4.74 Å². The van der Waals surface area contributed by atoms with Crippen molar-refractivity contribution in [1.29, 1.82) is 0 Å². The lowest BCUT2D eigenvalue weighted by Gasteiger charge is -2.11. The molecular formula is C9H12N2O2. The summed E-state index contributed by atoms with van der Waals surface area (Å²) in [5.41, 5.74) is 0.813. The molecule has 0 aliphatic rings. The Hall–Kier alpha value is -1.58. The second-order valence-electron chi connectivity index (χ2n) is 2.61. The van der Waals surface area contributed by atoms with E-state index in [0.29, 0.717) is 0 Å². The molecule has 1 heterocycles. The second kappa shape index (κ2) is 4.45. The Kier molecular flexibility index (Phi) is 3.25. The van der Waals surface area contributed by atoms with E-state index in [1.165, 1.54) is 7.11 Å². The van der Waals surface area contributed by atoms with Gasteiger partial charge < -0.3 is 10.1 Å². The SMILES string of the molecule is COC(=O)N[C@@H](C)c1ccccn1. The molecule has 1 amide bonds. The maximum absolute atomic E-state index is 10.8. The molecule has 0 radical (unpaired) electrons. The zero-order chi connectivity index (χ0) is 9.68. The van der Waals surface area contributed by atoms with E-state index in [4.69, 9.17) is 0 Å². The van der Waals surface area contributed by atoms with Crippen molar-refractivity contribution in [2.24, 2.45) is 0 Å². The van der Waals surface area contributed by atoms with Crippen molar-refractivity contribution >= 4 is 6.09 Å². The molecule has 0 saturated heterocycles. The molecule has 4 heteroatoms. The van der Waals surface area contributed by atoms with Crippen LogP contribution in [0.5, 0.6) is 0 Å². The zero-order valence-corrected chi connectivity index (χ0v) is 7.65. The van der Waals surface area contributed by atoms with Gasteiger partial charge >= 0.3 is 6.09 Å². The molecule has 0 aliphatic heterocycles. The van der Waals surface area contributed by atoms with Crippen LogP contribution in [0.15, 0.2) is 24.4 Å². The average Bonchev–Trinajstić information content (AvgIpc) is 2.19. The van der Waals surface area contributed by atoms with Crippen molar-refractivity contribution in [3.05, 3.63) is 30.1 Å². The van der Waals surface area contributed by atoms with Crippen molar-refractivity contribution < 1.29 is 9.53 Å². The van der Waals surface area contributed by atoms with Gasteiger partial charge in [0.25, 0.3) is 0 Å². The highest BCUT2D eigenvalue weighted by Gasteiger charge is 2.08. The number of amides is 1. The fourth-order valence-corrected chi connectivity index (χ4v) is 0.942. The van der Waals surface area contributed by atoms with Gasteiger partial charge in [-0.2, -0.15) is 0 Å². The van der Waals surface area contributed by atoms with Gasteiger partial charge in [0, 0.05) is 6.20 Å². The fraction of sp³-hybridized carbons (Fsp3) is 0.333. The summed E-state index contributed by atoms with van der Waals surface area (Å²) >= 11 is 0. The number of nitrogens with one attached hydrogen (secondary N) is 1. The molecule has 0 spiro atoms. The lowest BCUT2D eigenvalue weighted by molar-refractivity contribution is 0.167. The Labute approximate surface area is 76.9 Å². The van der Waals surface area contributed by atoms with Gasteiger partial charge in [0.15, 0.2) is 0 Å². The summed E-state index contributed by atoms with van der Waals surface area (Å²) in [6.07, 6.45) is 1.24. The Morgan fingerprint density at radius 3 is 2.92 bits per heavy atom. The quantitative estimate of drug-likeness (QED) is 0.750. The number of rotatable bonds is 2. The van der Waals surface area contributed by atoms with Gasteiger partial charge in [0.1, 0.15) is 0 Å². The Bertz CT molecular complexity index is 274. The zero-order valence-electron chi connectivity index (χ0n) is 7.65. The summed E-state index contributed by atoms with van der Waals surface area (Å²) < 4.78 is 4.46. The molecule has 1 aromatic rings. The number of carbonyl (C=O) groups excluding carboxylic acids is 1. The maximum Gasteiger partial charge on any atom is 0.407 e. The van der Waals surface area contributed by atoms with Crippen LogP contribution in [-0.4, -0.2) is 18.2 Å². The first-order valence-electron chi connectivity index (χ1n) is 3.99. The molecule has 1 rings (SSSR count). The predicted octanol–water partition coefficient (Wildman–Crippen LogP) is 1.50. The van der Waals surface area contributed by atoms with Crippen LogP contribution in [0.25, 0.3) is 0 Å². The van der Waals surface area contributed by atoms with Crippen molar-refractivity contribution in [1.82, 2.24) is 10.3 Å². The summed E-state index contributed by atoms with van der Waals surface area (Å²) in [4.78, 5) is 14.9. The number of aromatic nitrogens is 1. The standard InChI is InChI=1S/C9H12N2O2/c1-7(11-9(12)13-2)8-5-3-4-6-10-8/h3-7H,1-2H3,(H,11,12)/t7-/m0/s1. The van der Waals surface area contributed by atoms with Crippen molar-refractivity contribution in [3.8, 4) is 0 Å². The Morgan fingerprint density at radius 2 is 2.38 bits per heavy atom. The first kappa shape index (κ1) is 9.51. The molecule has 0 unspecified atom stereocenters. The molecule has 0 saturated carbocycles. The lowest BCUT2D eigenvalue weighted by Crippen LogP contribution is -2.26. The number of pyridine rings is 1. The number of carbonyl (C=O) groups is 1. The smallest absolute Gasteiger partial charge is 0.407 e. The van der Waals surface area contributed by atoms with E-state index < -0.39 is 6.09 Å². The highest BCUT2D eigenvalue weighted by Crippen LogP contribution is 2.07. The van der Waals surface area contributed by atoms with Crippen LogP contribution in [0, 0.1) is 0 Å². The summed E-state index contributed by atoms with van der Waals surface area (Å²) in [7, 11) is 1.33. The minimum absolute atomic E-state index is 0.131. The van der Waals surface area contributed by atoms with Gasteiger partial charge in [-0.15, -0.1) is 0 Å². The van der Waals surface area contributed by atoms with E-state index >= 15 is 0 Å². The number of methoxy groups -OCH3 is 1. The van der Waals surface area contributed by atoms with Crippen molar-refractivity contribution in [2.75, 3.05) is 7.11 Å². The van der Waals surface area contributed by atoms with Crippen LogP contribution in [0.3, 0.4) is 0 Å². The summed E-state index contributed by atoms with van der Waals surface area (Å²) in [6, 6.07) is 5.42. The van der Waals surface area contributed by atoms with E-state index in [1.807, 2.05) is 25.1 Å². The highest BCUT2D eigenvalue weighted by atomic mass is 16.5. The molecule has 70 valence electrons. The van der Waals surface area contributed by atoms with Gasteiger partial charge in [-0.25, -0.2) is 4.79 Å². The number of hydrogen-bond acceptors (Lipinski definition) is 3. The summed E-state index contributed by atoms with van der Waals surface area (Å²) in [5.74, 6) is 0. The minimum Gasteiger partial charge on any atom is -0.453 e. The number of alkyl carbamates (subject to hydrolysis) is 1. The van der Waals surface area contributed by atoms with E-state index in [2.05, 4.69) is 15.0 Å². The first-order valence-corrected chi connectivity index (χ1v) is 3.99. The van der Waals surface area contributed by atoms with Crippen LogP contribution < -0.4 is 5.32 Å². The third kappa shape index (κ3) is 2.74. The molecule has 0 fully saturated rings.